The predicted molar refractivity (Wildman–Crippen MR) is 42.3 cm³/mol. The Labute approximate surface area is 80.1 Å². The van der Waals surface area contributed by atoms with Crippen molar-refractivity contribution >= 4 is 5.97 Å². The molecule has 2 saturated heterocycles. The van der Waals surface area contributed by atoms with Gasteiger partial charge >= 0.3 is 5.97 Å². The Morgan fingerprint density at radius 3 is 2.86 bits per heavy atom. The zero-order valence-corrected chi connectivity index (χ0v) is 7.37. The minimum Gasteiger partial charge on any atom is -0.457 e. The molecule has 2 rings (SSSR count). The van der Waals surface area contributed by atoms with Crippen LogP contribution in [-0.4, -0.2) is 58.4 Å². The van der Waals surface area contributed by atoms with Gasteiger partial charge < -0.3 is 24.8 Å². The van der Waals surface area contributed by atoms with Crippen LogP contribution in [0, 0.1) is 0 Å². The number of carbonyl (C=O) groups excluding carboxylic acids is 1. The monoisotopic (exact) mass is 204 g/mol. The van der Waals surface area contributed by atoms with E-state index in [1.54, 1.807) is 0 Å². The van der Waals surface area contributed by atoms with Gasteiger partial charge in [0, 0.05) is 0 Å². The van der Waals surface area contributed by atoms with Gasteiger partial charge in [0.05, 0.1) is 13.0 Å². The van der Waals surface area contributed by atoms with Crippen molar-refractivity contribution in [3.8, 4) is 0 Å². The van der Waals surface area contributed by atoms with Gasteiger partial charge in [-0.1, -0.05) is 0 Å². The molecular formula is C8H12O6. The number of ether oxygens (including phenoxy) is 2. The summed E-state index contributed by atoms with van der Waals surface area (Å²) in [6.07, 6.45) is -4.18. The fraction of sp³-hybridized carbons (Fsp3) is 0.875. The van der Waals surface area contributed by atoms with Crippen molar-refractivity contribution in [3.05, 3.63) is 0 Å². The average Bonchev–Trinajstić information content (AvgIpc) is 2.64. The standard InChI is InChI=1S/C8H12O6/c9-2-3(10)7-6(12)8-4(13-7)1-5(11)14-8/h3-4,6-10,12H,1-2H2/t3-,4-,6-,7-,8+/m1/s1. The summed E-state index contributed by atoms with van der Waals surface area (Å²) >= 11 is 0. The summed E-state index contributed by atoms with van der Waals surface area (Å²) in [5, 5.41) is 27.6. The Balaban J connectivity index is 2.05. The number of carbonyl (C=O) groups is 1. The summed E-state index contributed by atoms with van der Waals surface area (Å²) in [5.41, 5.74) is 0. The van der Waals surface area contributed by atoms with Gasteiger partial charge in [-0.2, -0.15) is 0 Å². The Bertz CT molecular complexity index is 242. The average molecular weight is 204 g/mol. The first-order valence-electron chi connectivity index (χ1n) is 4.45. The first kappa shape index (κ1) is 9.85. The molecule has 2 aliphatic heterocycles. The van der Waals surface area contributed by atoms with E-state index in [1.165, 1.54) is 0 Å². The molecule has 0 amide bonds. The maximum absolute atomic E-state index is 10.8. The molecule has 0 aromatic heterocycles. The molecule has 0 radical (unpaired) electrons. The van der Waals surface area contributed by atoms with Crippen molar-refractivity contribution in [2.75, 3.05) is 6.61 Å². The van der Waals surface area contributed by atoms with Crippen molar-refractivity contribution in [2.45, 2.75) is 36.9 Å². The van der Waals surface area contributed by atoms with E-state index in [2.05, 4.69) is 0 Å². The lowest BCUT2D eigenvalue weighted by atomic mass is 10.0. The molecule has 6 nitrogen and oxygen atoms in total. The molecule has 0 aromatic rings. The largest absolute Gasteiger partial charge is 0.457 e. The first-order chi connectivity index (χ1) is 6.63. The van der Waals surface area contributed by atoms with Gasteiger partial charge in [0.2, 0.25) is 0 Å². The van der Waals surface area contributed by atoms with E-state index in [0.29, 0.717) is 0 Å². The third-order valence-corrected chi connectivity index (χ3v) is 2.57. The normalized spacial score (nSPS) is 43.5. The fourth-order valence-corrected chi connectivity index (χ4v) is 1.86. The molecule has 0 bridgehead atoms. The molecule has 2 aliphatic rings. The van der Waals surface area contributed by atoms with E-state index in [0.717, 1.165) is 0 Å². The van der Waals surface area contributed by atoms with Crippen LogP contribution in [0.4, 0.5) is 0 Å². The van der Waals surface area contributed by atoms with E-state index in [-0.39, 0.29) is 6.42 Å². The van der Waals surface area contributed by atoms with Crippen LogP contribution in [0.5, 0.6) is 0 Å². The summed E-state index contributed by atoms with van der Waals surface area (Å²) in [6, 6.07) is 0. The molecule has 6 heteroatoms. The maximum atomic E-state index is 10.8. The number of fused-ring (bicyclic) bond motifs is 1. The molecule has 0 aliphatic carbocycles. The van der Waals surface area contributed by atoms with Gasteiger partial charge in [0.1, 0.15) is 24.4 Å². The number of aliphatic hydroxyl groups is 3. The molecule has 3 N–H and O–H groups in total. The number of hydrogen-bond donors (Lipinski definition) is 3. The van der Waals surface area contributed by atoms with E-state index in [1.807, 2.05) is 0 Å². The van der Waals surface area contributed by atoms with Crippen LogP contribution in [0.25, 0.3) is 0 Å². The lowest BCUT2D eigenvalue weighted by Crippen LogP contribution is -2.41. The van der Waals surface area contributed by atoms with Crippen molar-refractivity contribution < 1.29 is 29.6 Å². The molecule has 2 fully saturated rings. The molecule has 0 spiro atoms. The van der Waals surface area contributed by atoms with Gasteiger partial charge in [-0.15, -0.1) is 0 Å². The molecule has 0 unspecified atom stereocenters. The summed E-state index contributed by atoms with van der Waals surface area (Å²) in [7, 11) is 0. The van der Waals surface area contributed by atoms with Crippen LogP contribution in [0.2, 0.25) is 0 Å². The van der Waals surface area contributed by atoms with Gasteiger partial charge in [0.25, 0.3) is 0 Å². The summed E-state index contributed by atoms with van der Waals surface area (Å²) in [5.74, 6) is -0.406. The Morgan fingerprint density at radius 1 is 1.57 bits per heavy atom. The van der Waals surface area contributed by atoms with Gasteiger partial charge in [-0.3, -0.25) is 4.79 Å². The molecule has 0 aromatic carbocycles. The number of rotatable bonds is 2. The van der Waals surface area contributed by atoms with Crippen LogP contribution in [-0.2, 0) is 14.3 Å². The van der Waals surface area contributed by atoms with Crippen molar-refractivity contribution in [3.63, 3.8) is 0 Å². The van der Waals surface area contributed by atoms with Crippen LogP contribution in [0.1, 0.15) is 6.42 Å². The van der Waals surface area contributed by atoms with E-state index in [4.69, 9.17) is 14.6 Å². The lowest BCUT2D eigenvalue weighted by molar-refractivity contribution is -0.147. The highest BCUT2D eigenvalue weighted by molar-refractivity contribution is 5.73. The summed E-state index contributed by atoms with van der Waals surface area (Å²) in [4.78, 5) is 10.8. The Morgan fingerprint density at radius 2 is 2.29 bits per heavy atom. The Kier molecular flexibility index (Phi) is 2.44. The van der Waals surface area contributed by atoms with Crippen LogP contribution in [0.15, 0.2) is 0 Å². The fourth-order valence-electron chi connectivity index (χ4n) is 1.86. The van der Waals surface area contributed by atoms with Gasteiger partial charge in [-0.05, 0) is 0 Å². The van der Waals surface area contributed by atoms with Crippen LogP contribution in [0.3, 0.4) is 0 Å². The van der Waals surface area contributed by atoms with E-state index >= 15 is 0 Å². The molecule has 14 heavy (non-hydrogen) atoms. The second-order valence-electron chi connectivity index (χ2n) is 3.54. The van der Waals surface area contributed by atoms with Gasteiger partial charge in [-0.25, -0.2) is 0 Å². The highest BCUT2D eigenvalue weighted by Crippen LogP contribution is 2.32. The highest BCUT2D eigenvalue weighted by atomic mass is 16.6. The molecule has 2 heterocycles. The Hall–Kier alpha value is -0.690. The first-order valence-corrected chi connectivity index (χ1v) is 4.45. The SMILES string of the molecule is O=C1C[C@H]2O[C@H]([C@H](O)CO)[C@@H](O)[C@H]2O1. The molecule has 80 valence electrons. The molecular weight excluding hydrogens is 192 g/mol. The minimum absolute atomic E-state index is 0.0936. The smallest absolute Gasteiger partial charge is 0.309 e. The number of esters is 1. The van der Waals surface area contributed by atoms with Crippen molar-refractivity contribution in [1.82, 2.24) is 0 Å². The highest BCUT2D eigenvalue weighted by Gasteiger charge is 2.52. The van der Waals surface area contributed by atoms with Crippen molar-refractivity contribution in [1.29, 1.82) is 0 Å². The summed E-state index contributed by atoms with van der Waals surface area (Å²) < 4.78 is 10.0. The predicted octanol–water partition coefficient (Wildman–Crippen LogP) is -2.22. The lowest BCUT2D eigenvalue weighted by Gasteiger charge is -2.20. The van der Waals surface area contributed by atoms with Crippen LogP contribution >= 0.6 is 0 Å². The zero-order valence-electron chi connectivity index (χ0n) is 7.37. The number of hydrogen-bond acceptors (Lipinski definition) is 6. The van der Waals surface area contributed by atoms with Crippen molar-refractivity contribution in [2.24, 2.45) is 0 Å². The quantitative estimate of drug-likeness (QED) is 0.441. The second-order valence-corrected chi connectivity index (χ2v) is 3.54. The molecule has 5 atom stereocenters. The van der Waals surface area contributed by atoms with E-state index in [9.17, 15) is 15.0 Å². The maximum Gasteiger partial charge on any atom is 0.309 e. The molecule has 0 saturated carbocycles. The van der Waals surface area contributed by atoms with Gasteiger partial charge in [0.15, 0.2) is 6.10 Å². The zero-order chi connectivity index (χ0) is 10.3. The van der Waals surface area contributed by atoms with Crippen LogP contribution < -0.4 is 0 Å². The third kappa shape index (κ3) is 1.40. The topological polar surface area (TPSA) is 96.2 Å². The second kappa shape index (κ2) is 3.47. The number of aliphatic hydroxyl groups excluding tert-OH is 3. The minimum atomic E-state index is -1.14. The summed E-state index contributed by atoms with van der Waals surface area (Å²) in [6.45, 7) is -0.491. The van der Waals surface area contributed by atoms with E-state index < -0.39 is 43.1 Å². The third-order valence-electron chi connectivity index (χ3n) is 2.57.